The molecule has 0 bridgehead atoms. The summed E-state index contributed by atoms with van der Waals surface area (Å²) in [6.45, 7) is 0. The van der Waals surface area contributed by atoms with Crippen molar-refractivity contribution >= 4 is 33.0 Å². The summed E-state index contributed by atoms with van der Waals surface area (Å²) >= 11 is 4.80. The van der Waals surface area contributed by atoms with Crippen molar-refractivity contribution in [2.45, 2.75) is 6.42 Å². The van der Waals surface area contributed by atoms with E-state index in [9.17, 15) is 4.79 Å². The summed E-state index contributed by atoms with van der Waals surface area (Å²) in [5.41, 5.74) is 0. The van der Waals surface area contributed by atoms with Crippen LogP contribution in [0.15, 0.2) is 28.3 Å². The van der Waals surface area contributed by atoms with Crippen LogP contribution in [0.1, 0.15) is 15.5 Å². The van der Waals surface area contributed by atoms with E-state index in [1.165, 1.54) is 11.3 Å². The molecular formula is C10H9BrN2OS. The van der Waals surface area contributed by atoms with Gasteiger partial charge in [0.15, 0.2) is 5.78 Å². The van der Waals surface area contributed by atoms with Crippen molar-refractivity contribution in [3.8, 4) is 0 Å². The van der Waals surface area contributed by atoms with Crippen molar-refractivity contribution in [3.05, 3.63) is 39.0 Å². The highest BCUT2D eigenvalue weighted by Gasteiger charge is 2.14. The first kappa shape index (κ1) is 10.6. The highest BCUT2D eigenvalue weighted by molar-refractivity contribution is 9.10. The Morgan fingerprint density at radius 3 is 3.00 bits per heavy atom. The van der Waals surface area contributed by atoms with Gasteiger partial charge in [0.2, 0.25) is 0 Å². The predicted octanol–water partition coefficient (Wildman–Crippen LogP) is 2.67. The van der Waals surface area contributed by atoms with Crippen LogP contribution in [-0.2, 0) is 13.5 Å². The molecule has 5 heteroatoms. The smallest absolute Gasteiger partial charge is 0.181 e. The number of aromatic nitrogens is 2. The van der Waals surface area contributed by atoms with Crippen molar-refractivity contribution in [1.82, 2.24) is 9.55 Å². The molecule has 0 atom stereocenters. The average molecular weight is 285 g/mol. The quantitative estimate of drug-likeness (QED) is 0.813. The number of aryl methyl sites for hydroxylation is 1. The number of imidazole rings is 1. The number of thiophene rings is 1. The molecule has 78 valence electrons. The molecule has 0 amide bonds. The van der Waals surface area contributed by atoms with E-state index in [2.05, 4.69) is 20.9 Å². The maximum absolute atomic E-state index is 11.9. The van der Waals surface area contributed by atoms with Gasteiger partial charge in [-0.3, -0.25) is 4.79 Å². The number of hydrogen-bond acceptors (Lipinski definition) is 3. The number of ketones is 1. The Morgan fingerprint density at radius 2 is 2.47 bits per heavy atom. The van der Waals surface area contributed by atoms with Crippen LogP contribution in [0.2, 0.25) is 0 Å². The molecule has 2 aromatic heterocycles. The minimum Gasteiger partial charge on any atom is -0.338 e. The lowest BCUT2D eigenvalue weighted by molar-refractivity contribution is 0.0993. The fourth-order valence-electron chi connectivity index (χ4n) is 1.28. The molecule has 0 aromatic carbocycles. The molecule has 0 radical (unpaired) electrons. The molecule has 2 aromatic rings. The van der Waals surface area contributed by atoms with Crippen molar-refractivity contribution < 1.29 is 4.79 Å². The summed E-state index contributed by atoms with van der Waals surface area (Å²) in [6, 6.07) is 1.89. The number of nitrogens with zero attached hydrogens (tertiary/aromatic N) is 2. The topological polar surface area (TPSA) is 34.9 Å². The van der Waals surface area contributed by atoms with Gasteiger partial charge in [0.25, 0.3) is 0 Å². The van der Waals surface area contributed by atoms with E-state index >= 15 is 0 Å². The maximum atomic E-state index is 11.9. The largest absolute Gasteiger partial charge is 0.338 e. The van der Waals surface area contributed by atoms with Gasteiger partial charge in [0, 0.05) is 23.9 Å². The van der Waals surface area contributed by atoms with E-state index in [0.717, 1.165) is 15.2 Å². The second-order valence-corrected chi connectivity index (χ2v) is 4.92. The molecule has 0 spiro atoms. The highest BCUT2D eigenvalue weighted by Crippen LogP contribution is 2.23. The molecule has 2 heterocycles. The van der Waals surface area contributed by atoms with Gasteiger partial charge in [0.05, 0.1) is 11.3 Å². The molecule has 0 saturated heterocycles. The van der Waals surface area contributed by atoms with Gasteiger partial charge in [-0.05, 0) is 27.4 Å². The van der Waals surface area contributed by atoms with Crippen molar-refractivity contribution in [3.63, 3.8) is 0 Å². The minimum absolute atomic E-state index is 0.103. The van der Waals surface area contributed by atoms with Gasteiger partial charge in [-0.25, -0.2) is 4.98 Å². The lowest BCUT2D eigenvalue weighted by atomic mass is 10.2. The number of carbonyl (C=O) groups is 1. The van der Waals surface area contributed by atoms with Gasteiger partial charge in [-0.2, -0.15) is 0 Å². The second-order valence-electron chi connectivity index (χ2n) is 3.15. The van der Waals surface area contributed by atoms with E-state index in [-0.39, 0.29) is 5.78 Å². The van der Waals surface area contributed by atoms with Crippen LogP contribution in [0.3, 0.4) is 0 Å². The lowest BCUT2D eigenvalue weighted by Gasteiger charge is -2.00. The van der Waals surface area contributed by atoms with Crippen LogP contribution < -0.4 is 0 Å². The Balaban J connectivity index is 2.18. The van der Waals surface area contributed by atoms with E-state index < -0.39 is 0 Å². The Hall–Kier alpha value is -0.940. The summed E-state index contributed by atoms with van der Waals surface area (Å²) in [7, 11) is 1.89. The molecule has 0 unspecified atom stereocenters. The van der Waals surface area contributed by atoms with Crippen molar-refractivity contribution in [1.29, 1.82) is 0 Å². The van der Waals surface area contributed by atoms with Gasteiger partial charge in [0.1, 0.15) is 5.82 Å². The van der Waals surface area contributed by atoms with Crippen LogP contribution in [0.5, 0.6) is 0 Å². The molecule has 0 aliphatic carbocycles. The normalized spacial score (nSPS) is 10.5. The number of Topliss-reactive ketones (excluding diaryl/α,β-unsaturated/α-hetero) is 1. The van der Waals surface area contributed by atoms with E-state index in [0.29, 0.717) is 6.42 Å². The number of hydrogen-bond donors (Lipinski definition) is 0. The molecular weight excluding hydrogens is 276 g/mol. The Bertz CT molecular complexity index is 489. The lowest BCUT2D eigenvalue weighted by Crippen LogP contribution is -2.07. The average Bonchev–Trinajstić information content (AvgIpc) is 2.76. The number of rotatable bonds is 3. The van der Waals surface area contributed by atoms with Crippen molar-refractivity contribution in [2.75, 3.05) is 0 Å². The predicted molar refractivity (Wildman–Crippen MR) is 63.3 cm³/mol. The van der Waals surface area contributed by atoms with Crippen molar-refractivity contribution in [2.24, 2.45) is 7.05 Å². The third-order valence-electron chi connectivity index (χ3n) is 2.11. The van der Waals surface area contributed by atoms with Crippen LogP contribution in [0.25, 0.3) is 0 Å². The standard InChI is InChI=1S/C10H9BrN2OS/c1-13-4-3-12-9(13)6-8(14)10-7(11)2-5-15-10/h2-5H,6H2,1H3. The van der Waals surface area contributed by atoms with Gasteiger partial charge in [-0.15, -0.1) is 11.3 Å². The number of halogens is 1. The van der Waals surface area contributed by atoms with Crippen LogP contribution in [0.4, 0.5) is 0 Å². The summed E-state index contributed by atoms with van der Waals surface area (Å²) in [5, 5.41) is 1.90. The molecule has 2 rings (SSSR count). The summed E-state index contributed by atoms with van der Waals surface area (Å²) in [5.74, 6) is 0.895. The first-order chi connectivity index (χ1) is 7.18. The summed E-state index contributed by atoms with van der Waals surface area (Å²) < 4.78 is 2.73. The van der Waals surface area contributed by atoms with Gasteiger partial charge in [-0.1, -0.05) is 0 Å². The van der Waals surface area contributed by atoms with Crippen LogP contribution in [-0.4, -0.2) is 15.3 Å². The molecule has 0 fully saturated rings. The minimum atomic E-state index is 0.103. The monoisotopic (exact) mass is 284 g/mol. The molecule has 0 N–H and O–H groups in total. The molecule has 3 nitrogen and oxygen atoms in total. The summed E-state index contributed by atoms with van der Waals surface area (Å²) in [6.07, 6.45) is 3.89. The molecule has 0 aliphatic rings. The Morgan fingerprint density at radius 1 is 1.67 bits per heavy atom. The summed E-state index contributed by atoms with van der Waals surface area (Å²) in [4.78, 5) is 16.8. The zero-order valence-corrected chi connectivity index (χ0v) is 10.5. The first-order valence-electron chi connectivity index (χ1n) is 4.41. The Kier molecular flexibility index (Phi) is 3.02. The third kappa shape index (κ3) is 2.18. The third-order valence-corrected chi connectivity index (χ3v) is 3.99. The van der Waals surface area contributed by atoms with Crippen LogP contribution >= 0.6 is 27.3 Å². The van der Waals surface area contributed by atoms with Gasteiger partial charge >= 0.3 is 0 Å². The highest BCUT2D eigenvalue weighted by atomic mass is 79.9. The fourth-order valence-corrected chi connectivity index (χ4v) is 2.82. The zero-order chi connectivity index (χ0) is 10.8. The van der Waals surface area contributed by atoms with Gasteiger partial charge < -0.3 is 4.57 Å². The van der Waals surface area contributed by atoms with Crippen LogP contribution in [0, 0.1) is 0 Å². The van der Waals surface area contributed by atoms with E-state index in [4.69, 9.17) is 0 Å². The molecule has 0 aliphatic heterocycles. The van der Waals surface area contributed by atoms with E-state index in [1.54, 1.807) is 6.20 Å². The SMILES string of the molecule is Cn1ccnc1CC(=O)c1sccc1Br. The zero-order valence-electron chi connectivity index (χ0n) is 8.11. The fraction of sp³-hybridized carbons (Fsp3) is 0.200. The molecule has 15 heavy (non-hydrogen) atoms. The second kappa shape index (κ2) is 4.28. The maximum Gasteiger partial charge on any atom is 0.181 e. The molecule has 0 saturated carbocycles. The first-order valence-corrected chi connectivity index (χ1v) is 6.08. The van der Waals surface area contributed by atoms with E-state index in [1.807, 2.05) is 29.3 Å². The Labute approximate surface area is 99.9 Å². The number of carbonyl (C=O) groups excluding carboxylic acids is 1.